The van der Waals surface area contributed by atoms with Gasteiger partial charge in [0, 0.05) is 24.5 Å². The van der Waals surface area contributed by atoms with E-state index in [9.17, 15) is 13.6 Å². The minimum atomic E-state index is -2.56. The molecule has 1 amide bonds. The molecule has 0 bridgehead atoms. The van der Waals surface area contributed by atoms with Gasteiger partial charge in [-0.05, 0) is 26.2 Å². The lowest BCUT2D eigenvalue weighted by Crippen LogP contribution is -2.35. The molecule has 4 heteroatoms. The molecule has 1 saturated carbocycles. The van der Waals surface area contributed by atoms with Crippen LogP contribution in [0.2, 0.25) is 0 Å². The van der Waals surface area contributed by atoms with Gasteiger partial charge < -0.3 is 5.32 Å². The first-order valence-corrected chi connectivity index (χ1v) is 5.82. The predicted molar refractivity (Wildman–Crippen MR) is 59.1 cm³/mol. The summed E-state index contributed by atoms with van der Waals surface area (Å²) < 4.78 is 25.8. The van der Waals surface area contributed by atoms with Crippen molar-refractivity contribution in [3.63, 3.8) is 0 Å². The minimum absolute atomic E-state index is 0.106. The molecule has 2 nitrogen and oxygen atoms in total. The first-order chi connectivity index (χ1) is 7.48. The van der Waals surface area contributed by atoms with Crippen LogP contribution in [0.5, 0.6) is 0 Å². The van der Waals surface area contributed by atoms with Crippen molar-refractivity contribution in [3.8, 4) is 0 Å². The maximum absolute atomic E-state index is 12.9. The van der Waals surface area contributed by atoms with Crippen molar-refractivity contribution >= 4 is 5.91 Å². The minimum Gasteiger partial charge on any atom is -0.330 e. The fourth-order valence-corrected chi connectivity index (χ4v) is 1.93. The summed E-state index contributed by atoms with van der Waals surface area (Å²) in [6, 6.07) is 0. The lowest BCUT2D eigenvalue weighted by molar-refractivity contribution is -0.128. The first kappa shape index (κ1) is 13.1. The van der Waals surface area contributed by atoms with E-state index in [1.54, 1.807) is 0 Å². The Hall–Kier alpha value is -0.930. The zero-order chi connectivity index (χ0) is 12.2. The highest BCUT2D eigenvalue weighted by atomic mass is 19.3. The summed E-state index contributed by atoms with van der Waals surface area (Å²) in [5.41, 5.74) is 0.863. The van der Waals surface area contributed by atoms with Crippen molar-refractivity contribution in [2.24, 2.45) is 5.92 Å². The van der Waals surface area contributed by atoms with Crippen LogP contribution in [0.15, 0.2) is 11.8 Å². The van der Waals surface area contributed by atoms with Crippen molar-refractivity contribution in [3.05, 3.63) is 11.8 Å². The first-order valence-electron chi connectivity index (χ1n) is 5.82. The molecule has 1 fully saturated rings. The third-order valence-corrected chi connectivity index (χ3v) is 3.10. The van der Waals surface area contributed by atoms with E-state index in [4.69, 9.17) is 0 Å². The van der Waals surface area contributed by atoms with Gasteiger partial charge in [0.25, 0.3) is 0 Å². The van der Waals surface area contributed by atoms with Crippen molar-refractivity contribution in [1.82, 2.24) is 5.32 Å². The molecule has 0 aromatic rings. The number of halogens is 2. The summed E-state index contributed by atoms with van der Waals surface area (Å²) in [4.78, 5) is 11.7. The van der Waals surface area contributed by atoms with Crippen LogP contribution < -0.4 is 5.32 Å². The Morgan fingerprint density at radius 2 is 2.00 bits per heavy atom. The Bertz CT molecular complexity index is 277. The third-order valence-electron chi connectivity index (χ3n) is 3.10. The van der Waals surface area contributed by atoms with E-state index in [0.717, 1.165) is 12.1 Å². The highest BCUT2D eigenvalue weighted by Crippen LogP contribution is 2.36. The van der Waals surface area contributed by atoms with Crippen LogP contribution >= 0.6 is 0 Å². The highest BCUT2D eigenvalue weighted by molar-refractivity contribution is 5.80. The van der Waals surface area contributed by atoms with Crippen LogP contribution in [-0.2, 0) is 4.79 Å². The summed E-state index contributed by atoms with van der Waals surface area (Å²) in [6.07, 6.45) is 2.85. The van der Waals surface area contributed by atoms with Gasteiger partial charge in [0.15, 0.2) is 0 Å². The van der Waals surface area contributed by atoms with Crippen LogP contribution in [-0.4, -0.2) is 11.8 Å². The number of carbonyl (C=O) groups excluding carboxylic acids is 1. The molecule has 0 spiro atoms. The van der Waals surface area contributed by atoms with Crippen molar-refractivity contribution in [2.45, 2.75) is 51.9 Å². The van der Waals surface area contributed by atoms with E-state index in [1.165, 1.54) is 0 Å². The topological polar surface area (TPSA) is 29.1 Å². The molecule has 0 heterocycles. The number of alkyl halides is 2. The van der Waals surface area contributed by atoms with Gasteiger partial charge in [0.2, 0.25) is 11.8 Å². The Balaban J connectivity index is 2.45. The molecule has 0 unspecified atom stereocenters. The summed E-state index contributed by atoms with van der Waals surface area (Å²) in [7, 11) is 0. The van der Waals surface area contributed by atoms with Gasteiger partial charge in [-0.3, -0.25) is 4.79 Å². The largest absolute Gasteiger partial charge is 0.330 e. The molecule has 0 atom stereocenters. The number of amides is 1. The van der Waals surface area contributed by atoms with Gasteiger partial charge in [0.05, 0.1) is 0 Å². The van der Waals surface area contributed by atoms with Crippen LogP contribution in [0.25, 0.3) is 0 Å². The smallest absolute Gasteiger partial charge is 0.248 e. The zero-order valence-corrected chi connectivity index (χ0v) is 9.85. The van der Waals surface area contributed by atoms with E-state index < -0.39 is 5.92 Å². The summed E-state index contributed by atoms with van der Waals surface area (Å²) >= 11 is 0. The molecule has 1 aliphatic carbocycles. The molecule has 92 valence electrons. The second kappa shape index (κ2) is 5.41. The number of hydrogen-bond acceptors (Lipinski definition) is 1. The Labute approximate surface area is 95.1 Å². The molecule has 1 aliphatic rings. The number of rotatable bonds is 3. The summed E-state index contributed by atoms with van der Waals surface area (Å²) in [6.45, 7) is 3.80. The fraction of sp³-hybridized carbons (Fsp3) is 0.750. The van der Waals surface area contributed by atoms with Gasteiger partial charge >= 0.3 is 0 Å². The molecule has 0 radical (unpaired) electrons. The van der Waals surface area contributed by atoms with Crippen molar-refractivity contribution in [2.75, 3.05) is 0 Å². The average molecular weight is 231 g/mol. The van der Waals surface area contributed by atoms with Gasteiger partial charge in [-0.1, -0.05) is 13.0 Å². The van der Waals surface area contributed by atoms with Crippen molar-refractivity contribution < 1.29 is 13.6 Å². The standard InChI is InChI=1S/C12H19F2NO/c1-3-10(4-2)15-11(16)9-5-7-12(13,14)8-6-9/h3,9H,4-8H2,1-2H3,(H,15,16)/b10-3+. The van der Waals surface area contributed by atoms with Gasteiger partial charge in [-0.25, -0.2) is 8.78 Å². The van der Waals surface area contributed by atoms with E-state index in [1.807, 2.05) is 19.9 Å². The van der Waals surface area contributed by atoms with Crippen molar-refractivity contribution in [1.29, 1.82) is 0 Å². The number of nitrogens with one attached hydrogen (secondary N) is 1. The predicted octanol–water partition coefficient (Wildman–Crippen LogP) is 3.24. The monoisotopic (exact) mass is 231 g/mol. The Morgan fingerprint density at radius 1 is 1.44 bits per heavy atom. The van der Waals surface area contributed by atoms with E-state index in [2.05, 4.69) is 5.32 Å². The second-order valence-electron chi connectivity index (χ2n) is 4.29. The Morgan fingerprint density at radius 3 is 2.44 bits per heavy atom. The molecule has 1 rings (SSSR count). The highest BCUT2D eigenvalue weighted by Gasteiger charge is 2.37. The maximum atomic E-state index is 12.9. The molecule has 0 aromatic heterocycles. The van der Waals surface area contributed by atoms with E-state index in [0.29, 0.717) is 12.8 Å². The molecule has 1 N–H and O–H groups in total. The van der Waals surface area contributed by atoms with Gasteiger partial charge in [0.1, 0.15) is 0 Å². The molecular weight excluding hydrogens is 212 g/mol. The van der Waals surface area contributed by atoms with Crippen LogP contribution in [0, 0.1) is 5.92 Å². The average Bonchev–Trinajstić information content (AvgIpc) is 2.25. The lowest BCUT2D eigenvalue weighted by Gasteiger charge is -2.27. The quantitative estimate of drug-likeness (QED) is 0.793. The Kier molecular flexibility index (Phi) is 4.44. The van der Waals surface area contributed by atoms with E-state index in [-0.39, 0.29) is 24.7 Å². The van der Waals surface area contributed by atoms with E-state index >= 15 is 0 Å². The maximum Gasteiger partial charge on any atom is 0.248 e. The number of carbonyl (C=O) groups is 1. The number of allylic oxidation sites excluding steroid dienone is 2. The zero-order valence-electron chi connectivity index (χ0n) is 9.85. The van der Waals surface area contributed by atoms with Gasteiger partial charge in [-0.15, -0.1) is 0 Å². The number of hydrogen-bond donors (Lipinski definition) is 1. The van der Waals surface area contributed by atoms with Crippen LogP contribution in [0.3, 0.4) is 0 Å². The van der Waals surface area contributed by atoms with Gasteiger partial charge in [-0.2, -0.15) is 0 Å². The summed E-state index contributed by atoms with van der Waals surface area (Å²) in [5.74, 6) is -2.92. The third kappa shape index (κ3) is 3.58. The fourth-order valence-electron chi connectivity index (χ4n) is 1.93. The summed E-state index contributed by atoms with van der Waals surface area (Å²) in [5, 5.41) is 2.79. The molecule has 16 heavy (non-hydrogen) atoms. The SMILES string of the molecule is C/C=C(\CC)NC(=O)C1CCC(F)(F)CC1. The normalized spacial score (nSPS) is 21.9. The molecule has 0 aliphatic heterocycles. The molecular formula is C12H19F2NO. The second-order valence-corrected chi connectivity index (χ2v) is 4.29. The van der Waals surface area contributed by atoms with Crippen LogP contribution in [0.4, 0.5) is 8.78 Å². The molecule has 0 saturated heterocycles. The molecule has 0 aromatic carbocycles. The lowest BCUT2D eigenvalue weighted by atomic mass is 9.86. The van der Waals surface area contributed by atoms with Crippen LogP contribution in [0.1, 0.15) is 46.0 Å².